The van der Waals surface area contributed by atoms with E-state index in [9.17, 15) is 4.79 Å². The molecule has 0 N–H and O–H groups in total. The molecule has 0 unspecified atom stereocenters. The molecule has 0 spiro atoms. The Morgan fingerprint density at radius 1 is 0.926 bits per heavy atom. The van der Waals surface area contributed by atoms with Gasteiger partial charge in [-0.2, -0.15) is 0 Å². The Labute approximate surface area is 157 Å². The molecule has 27 heavy (non-hydrogen) atoms. The van der Waals surface area contributed by atoms with Crippen molar-refractivity contribution in [2.45, 2.75) is 0 Å². The molecule has 3 aromatic rings. The maximum atomic E-state index is 12.4. The lowest BCUT2D eigenvalue weighted by atomic mass is 10.2. The predicted molar refractivity (Wildman–Crippen MR) is 104 cm³/mol. The van der Waals surface area contributed by atoms with E-state index in [1.807, 2.05) is 65.6 Å². The number of rotatable bonds is 4. The highest BCUT2D eigenvalue weighted by molar-refractivity contribution is 5.91. The highest BCUT2D eigenvalue weighted by atomic mass is 16.3. The quantitative estimate of drug-likeness (QED) is 0.669. The summed E-state index contributed by atoms with van der Waals surface area (Å²) in [6, 6.07) is 17.4. The van der Waals surface area contributed by atoms with Crippen molar-refractivity contribution in [3.63, 3.8) is 0 Å². The first-order chi connectivity index (χ1) is 13.3. The van der Waals surface area contributed by atoms with Crippen molar-refractivity contribution in [1.29, 1.82) is 0 Å². The van der Waals surface area contributed by atoms with E-state index in [1.165, 1.54) is 0 Å². The van der Waals surface area contributed by atoms with Gasteiger partial charge in [0.1, 0.15) is 5.69 Å². The summed E-state index contributed by atoms with van der Waals surface area (Å²) in [6.45, 7) is 2.80. The van der Waals surface area contributed by atoms with Gasteiger partial charge in [-0.25, -0.2) is 0 Å². The number of piperazine rings is 1. The van der Waals surface area contributed by atoms with Crippen molar-refractivity contribution in [3.8, 4) is 11.5 Å². The van der Waals surface area contributed by atoms with Gasteiger partial charge in [-0.1, -0.05) is 30.3 Å². The average Bonchev–Trinajstić information content (AvgIpc) is 3.28. The molecule has 0 saturated carbocycles. The Bertz CT molecular complexity index is 897. The number of furan rings is 1. The van der Waals surface area contributed by atoms with Gasteiger partial charge in [0.15, 0.2) is 11.6 Å². The number of hydrogen-bond acceptors (Lipinski definition) is 5. The number of nitrogens with zero attached hydrogens (tertiary/aromatic N) is 4. The number of amides is 1. The van der Waals surface area contributed by atoms with Gasteiger partial charge < -0.3 is 14.2 Å². The summed E-state index contributed by atoms with van der Waals surface area (Å²) in [5.74, 6) is 1.56. The van der Waals surface area contributed by atoms with Crippen LogP contribution in [-0.4, -0.2) is 47.2 Å². The van der Waals surface area contributed by atoms with E-state index < -0.39 is 0 Å². The third kappa shape index (κ3) is 4.06. The number of hydrogen-bond donors (Lipinski definition) is 0. The zero-order valence-electron chi connectivity index (χ0n) is 14.9. The van der Waals surface area contributed by atoms with Crippen LogP contribution in [0.5, 0.6) is 0 Å². The number of anilines is 1. The van der Waals surface area contributed by atoms with Gasteiger partial charge in [0.2, 0.25) is 5.91 Å². The van der Waals surface area contributed by atoms with Crippen molar-refractivity contribution in [2.75, 3.05) is 31.1 Å². The van der Waals surface area contributed by atoms with Crippen LogP contribution in [0, 0.1) is 0 Å². The van der Waals surface area contributed by atoms with Gasteiger partial charge in [-0.05, 0) is 35.9 Å². The molecular formula is C21H20N4O2. The fourth-order valence-electron chi connectivity index (χ4n) is 3.04. The molecule has 1 saturated heterocycles. The first-order valence-electron chi connectivity index (χ1n) is 8.94. The minimum Gasteiger partial charge on any atom is -0.463 e. The zero-order valence-corrected chi connectivity index (χ0v) is 14.9. The monoisotopic (exact) mass is 360 g/mol. The SMILES string of the molecule is O=C(/C=C/c1ccccc1)N1CCN(c2ccc(-c3ccco3)nn2)CC1. The molecule has 4 rings (SSSR count). The first-order valence-corrected chi connectivity index (χ1v) is 8.94. The molecule has 3 heterocycles. The highest BCUT2D eigenvalue weighted by Gasteiger charge is 2.21. The topological polar surface area (TPSA) is 62.5 Å². The van der Waals surface area contributed by atoms with Crippen LogP contribution in [0.15, 0.2) is 71.4 Å². The Morgan fingerprint density at radius 3 is 2.41 bits per heavy atom. The van der Waals surface area contributed by atoms with Gasteiger partial charge in [0.05, 0.1) is 6.26 Å². The van der Waals surface area contributed by atoms with Crippen molar-refractivity contribution in [2.24, 2.45) is 0 Å². The fourth-order valence-corrected chi connectivity index (χ4v) is 3.04. The molecule has 0 atom stereocenters. The number of carbonyl (C=O) groups excluding carboxylic acids is 1. The highest BCUT2D eigenvalue weighted by Crippen LogP contribution is 2.19. The average molecular weight is 360 g/mol. The summed E-state index contributed by atoms with van der Waals surface area (Å²) in [5.41, 5.74) is 1.74. The molecular weight excluding hydrogens is 340 g/mol. The molecule has 136 valence electrons. The molecule has 1 aliphatic heterocycles. The summed E-state index contributed by atoms with van der Waals surface area (Å²) in [4.78, 5) is 16.4. The van der Waals surface area contributed by atoms with E-state index in [0.29, 0.717) is 24.5 Å². The van der Waals surface area contributed by atoms with E-state index in [-0.39, 0.29) is 5.91 Å². The summed E-state index contributed by atoms with van der Waals surface area (Å²) < 4.78 is 5.33. The molecule has 6 nitrogen and oxygen atoms in total. The first kappa shape index (κ1) is 17.0. The van der Waals surface area contributed by atoms with Crippen LogP contribution in [0.1, 0.15) is 5.56 Å². The summed E-state index contributed by atoms with van der Waals surface area (Å²) in [7, 11) is 0. The van der Waals surface area contributed by atoms with Crippen LogP contribution in [-0.2, 0) is 4.79 Å². The molecule has 6 heteroatoms. The molecule has 1 aromatic carbocycles. The van der Waals surface area contributed by atoms with Crippen LogP contribution < -0.4 is 4.90 Å². The van der Waals surface area contributed by atoms with Crippen LogP contribution in [0.3, 0.4) is 0 Å². The van der Waals surface area contributed by atoms with E-state index in [4.69, 9.17) is 4.42 Å². The molecule has 1 amide bonds. The van der Waals surface area contributed by atoms with E-state index in [0.717, 1.165) is 24.5 Å². The summed E-state index contributed by atoms with van der Waals surface area (Å²) >= 11 is 0. The van der Waals surface area contributed by atoms with Crippen LogP contribution in [0.4, 0.5) is 5.82 Å². The fraction of sp³-hybridized carbons (Fsp3) is 0.190. The lowest BCUT2D eigenvalue weighted by Crippen LogP contribution is -2.48. The Hall–Kier alpha value is -3.41. The standard InChI is InChI=1S/C21H20N4O2/c26-21(11-8-17-5-2-1-3-6-17)25-14-12-24(13-15-25)20-10-9-18(22-23-20)19-7-4-16-27-19/h1-11,16H,12-15H2/b11-8+. The molecule has 1 fully saturated rings. The van der Waals surface area contributed by atoms with Gasteiger partial charge in [-0.15, -0.1) is 10.2 Å². The second-order valence-corrected chi connectivity index (χ2v) is 6.31. The molecule has 1 aliphatic rings. The Kier molecular flexibility index (Phi) is 4.96. The summed E-state index contributed by atoms with van der Waals surface area (Å²) in [5, 5.41) is 8.54. The summed E-state index contributed by atoms with van der Waals surface area (Å²) in [6.07, 6.45) is 5.11. The van der Waals surface area contributed by atoms with Gasteiger partial charge in [0.25, 0.3) is 0 Å². The second-order valence-electron chi connectivity index (χ2n) is 6.31. The third-order valence-corrected chi connectivity index (χ3v) is 4.56. The van der Waals surface area contributed by atoms with Crippen LogP contribution in [0.2, 0.25) is 0 Å². The maximum absolute atomic E-state index is 12.4. The lowest BCUT2D eigenvalue weighted by molar-refractivity contribution is -0.126. The van der Waals surface area contributed by atoms with Crippen molar-refractivity contribution >= 4 is 17.8 Å². The minimum absolute atomic E-state index is 0.0396. The van der Waals surface area contributed by atoms with Gasteiger partial charge >= 0.3 is 0 Å². The van der Waals surface area contributed by atoms with E-state index in [2.05, 4.69) is 15.1 Å². The molecule has 2 aromatic heterocycles. The predicted octanol–water partition coefficient (Wildman–Crippen LogP) is 3.10. The van der Waals surface area contributed by atoms with Crippen molar-refractivity contribution < 1.29 is 9.21 Å². The normalized spacial score (nSPS) is 14.7. The minimum atomic E-state index is 0.0396. The van der Waals surface area contributed by atoms with Crippen molar-refractivity contribution in [1.82, 2.24) is 15.1 Å². The molecule has 0 radical (unpaired) electrons. The van der Waals surface area contributed by atoms with Crippen LogP contribution in [0.25, 0.3) is 17.5 Å². The molecule has 0 aliphatic carbocycles. The zero-order chi connectivity index (χ0) is 18.5. The smallest absolute Gasteiger partial charge is 0.246 e. The maximum Gasteiger partial charge on any atom is 0.246 e. The Balaban J connectivity index is 1.33. The number of carbonyl (C=O) groups is 1. The number of aromatic nitrogens is 2. The Morgan fingerprint density at radius 2 is 1.74 bits per heavy atom. The van der Waals surface area contributed by atoms with Crippen molar-refractivity contribution in [3.05, 3.63) is 72.5 Å². The second kappa shape index (κ2) is 7.86. The van der Waals surface area contributed by atoms with E-state index >= 15 is 0 Å². The van der Waals surface area contributed by atoms with Gasteiger partial charge in [0, 0.05) is 32.3 Å². The third-order valence-electron chi connectivity index (χ3n) is 4.56. The van der Waals surface area contributed by atoms with Crippen LogP contribution >= 0.6 is 0 Å². The van der Waals surface area contributed by atoms with E-state index in [1.54, 1.807) is 12.3 Å². The largest absolute Gasteiger partial charge is 0.463 e. The number of benzene rings is 1. The molecule has 0 bridgehead atoms. The lowest BCUT2D eigenvalue weighted by Gasteiger charge is -2.34. The van der Waals surface area contributed by atoms with Gasteiger partial charge in [-0.3, -0.25) is 4.79 Å².